The number of carbonyl (C=O) groups excluding carboxylic acids is 2. The van der Waals surface area contributed by atoms with Gasteiger partial charge in [0.1, 0.15) is 0 Å². The smallest absolute Gasteiger partial charge is 0.253 e. The third-order valence-corrected chi connectivity index (χ3v) is 5.86. The third kappa shape index (κ3) is 3.10. The second-order valence-corrected chi connectivity index (χ2v) is 8.06. The molecule has 1 N–H and O–H groups in total. The molecule has 0 radical (unpaired) electrons. The van der Waals surface area contributed by atoms with Crippen molar-refractivity contribution >= 4 is 29.3 Å². The summed E-state index contributed by atoms with van der Waals surface area (Å²) in [5.74, 6) is 0.499. The number of hydrogen-bond acceptors (Lipinski definition) is 4. The Morgan fingerprint density at radius 1 is 1.30 bits per heavy atom. The van der Waals surface area contributed by atoms with Gasteiger partial charge in [-0.1, -0.05) is 6.92 Å². The number of anilines is 1. The average Bonchev–Trinajstić information content (AvgIpc) is 2.89. The van der Waals surface area contributed by atoms with Gasteiger partial charge in [-0.15, -0.1) is 11.8 Å². The Hall–Kier alpha value is -1.53. The third-order valence-electron chi connectivity index (χ3n) is 4.68. The van der Waals surface area contributed by atoms with Gasteiger partial charge < -0.3 is 15.1 Å². The molecule has 2 amide bonds. The average molecular weight is 333 g/mol. The molecule has 2 heterocycles. The highest BCUT2D eigenvalue weighted by atomic mass is 32.2. The molecule has 0 aromatic heterocycles. The molecule has 0 bridgehead atoms. The van der Waals surface area contributed by atoms with Crippen molar-refractivity contribution in [3.8, 4) is 0 Å². The van der Waals surface area contributed by atoms with Gasteiger partial charge in [0.05, 0.1) is 10.9 Å². The van der Waals surface area contributed by atoms with Crippen molar-refractivity contribution in [1.82, 2.24) is 9.80 Å². The van der Waals surface area contributed by atoms with Gasteiger partial charge in [-0.05, 0) is 45.1 Å². The highest BCUT2D eigenvalue weighted by Gasteiger charge is 2.34. The Kier molecular flexibility index (Phi) is 4.38. The van der Waals surface area contributed by atoms with Crippen LogP contribution < -0.4 is 5.32 Å². The van der Waals surface area contributed by atoms with E-state index in [9.17, 15) is 9.59 Å². The van der Waals surface area contributed by atoms with Gasteiger partial charge in [0.25, 0.3) is 5.91 Å². The van der Waals surface area contributed by atoms with E-state index in [1.807, 2.05) is 30.0 Å². The van der Waals surface area contributed by atoms with Crippen LogP contribution in [0.4, 0.5) is 5.69 Å². The Balaban J connectivity index is 1.79. The van der Waals surface area contributed by atoms with Gasteiger partial charge in [0, 0.05) is 29.6 Å². The number of nitrogens with one attached hydrogen (secondary N) is 1. The van der Waals surface area contributed by atoms with Crippen molar-refractivity contribution in [2.45, 2.75) is 30.0 Å². The van der Waals surface area contributed by atoms with E-state index in [1.54, 1.807) is 0 Å². The summed E-state index contributed by atoms with van der Waals surface area (Å²) in [4.78, 5) is 29.7. The van der Waals surface area contributed by atoms with E-state index in [4.69, 9.17) is 0 Å². The molecule has 1 fully saturated rings. The van der Waals surface area contributed by atoms with Gasteiger partial charge in [-0.25, -0.2) is 0 Å². The molecule has 1 aromatic carbocycles. The number of thioether (sulfide) groups is 1. The quantitative estimate of drug-likeness (QED) is 0.901. The summed E-state index contributed by atoms with van der Waals surface area (Å²) in [6, 6.07) is 6.01. The summed E-state index contributed by atoms with van der Waals surface area (Å²) in [6.07, 6.45) is 0. The number of likely N-dealkylation sites (N-methyl/N-ethyl adjacent to an activating group) is 1. The van der Waals surface area contributed by atoms with Crippen LogP contribution >= 0.6 is 11.8 Å². The van der Waals surface area contributed by atoms with Crippen LogP contribution in [0.3, 0.4) is 0 Å². The Labute approximate surface area is 141 Å². The molecule has 1 aromatic rings. The number of likely N-dealkylation sites (tertiary alicyclic amines) is 1. The predicted octanol–water partition coefficient (Wildman–Crippen LogP) is 2.14. The van der Waals surface area contributed by atoms with Crippen LogP contribution in [-0.2, 0) is 4.79 Å². The topological polar surface area (TPSA) is 52.7 Å². The summed E-state index contributed by atoms with van der Waals surface area (Å²) in [5, 5.41) is 2.80. The largest absolute Gasteiger partial charge is 0.337 e. The van der Waals surface area contributed by atoms with Gasteiger partial charge in [0.15, 0.2) is 0 Å². The van der Waals surface area contributed by atoms with Crippen LogP contribution in [0.5, 0.6) is 0 Å². The van der Waals surface area contributed by atoms with Gasteiger partial charge in [0.2, 0.25) is 5.91 Å². The van der Waals surface area contributed by atoms with E-state index in [1.165, 1.54) is 11.8 Å². The Morgan fingerprint density at radius 2 is 2.04 bits per heavy atom. The summed E-state index contributed by atoms with van der Waals surface area (Å²) in [7, 11) is 4.12. The molecule has 2 aliphatic rings. The number of hydrogen-bond donors (Lipinski definition) is 1. The molecule has 6 heteroatoms. The van der Waals surface area contributed by atoms with Gasteiger partial charge in [-0.3, -0.25) is 9.59 Å². The monoisotopic (exact) mass is 333 g/mol. The minimum Gasteiger partial charge on any atom is -0.337 e. The SMILES string of the molecule is CC1Sc2ccc(C(=O)N3CC(C)C(N(C)C)C3)cc2NC1=O. The van der Waals surface area contributed by atoms with Crippen molar-refractivity contribution in [3.63, 3.8) is 0 Å². The number of amides is 2. The molecular weight excluding hydrogens is 310 g/mol. The first-order chi connectivity index (χ1) is 10.9. The maximum atomic E-state index is 12.8. The summed E-state index contributed by atoms with van der Waals surface area (Å²) < 4.78 is 0. The number of benzene rings is 1. The fraction of sp³-hybridized carbons (Fsp3) is 0.529. The van der Waals surface area contributed by atoms with Crippen LogP contribution in [0.2, 0.25) is 0 Å². The highest BCUT2D eigenvalue weighted by molar-refractivity contribution is 8.00. The zero-order valence-corrected chi connectivity index (χ0v) is 14.8. The van der Waals surface area contributed by atoms with E-state index in [0.717, 1.165) is 23.7 Å². The van der Waals surface area contributed by atoms with Crippen LogP contribution in [0.15, 0.2) is 23.1 Å². The number of carbonyl (C=O) groups is 2. The second-order valence-electron chi connectivity index (χ2n) is 6.68. The van der Waals surface area contributed by atoms with Gasteiger partial charge >= 0.3 is 0 Å². The van der Waals surface area contributed by atoms with E-state index in [0.29, 0.717) is 17.5 Å². The van der Waals surface area contributed by atoms with Crippen molar-refractivity contribution in [2.24, 2.45) is 5.92 Å². The minimum absolute atomic E-state index is 0.00503. The van der Waals surface area contributed by atoms with Crippen LogP contribution in [-0.4, -0.2) is 60.1 Å². The summed E-state index contributed by atoms with van der Waals surface area (Å²) in [5.41, 5.74) is 1.39. The lowest BCUT2D eigenvalue weighted by atomic mass is 10.1. The van der Waals surface area contributed by atoms with Crippen LogP contribution in [0.1, 0.15) is 24.2 Å². The predicted molar refractivity (Wildman–Crippen MR) is 92.9 cm³/mol. The highest BCUT2D eigenvalue weighted by Crippen LogP contribution is 2.36. The maximum Gasteiger partial charge on any atom is 0.253 e. The van der Waals surface area contributed by atoms with E-state index in [-0.39, 0.29) is 17.1 Å². The Bertz CT molecular complexity index is 647. The first-order valence-electron chi connectivity index (χ1n) is 7.94. The molecule has 3 unspecified atom stereocenters. The standard InChI is InChI=1S/C17H23N3O2S/c1-10-8-20(9-14(10)19(3)4)17(22)12-5-6-15-13(7-12)18-16(21)11(2)23-15/h5-7,10-11,14H,8-9H2,1-4H3,(H,18,21). The number of rotatable bonds is 2. The van der Waals surface area contributed by atoms with Crippen molar-refractivity contribution in [3.05, 3.63) is 23.8 Å². The molecule has 0 aliphatic carbocycles. The normalized spacial score (nSPS) is 27.1. The van der Waals surface area contributed by atoms with Gasteiger partial charge in [-0.2, -0.15) is 0 Å². The molecule has 124 valence electrons. The first kappa shape index (κ1) is 16.3. The van der Waals surface area contributed by atoms with Crippen molar-refractivity contribution in [1.29, 1.82) is 0 Å². The minimum atomic E-state index is -0.0932. The number of nitrogens with zero attached hydrogens (tertiary/aromatic N) is 2. The Morgan fingerprint density at radius 3 is 2.70 bits per heavy atom. The molecule has 3 atom stereocenters. The van der Waals surface area contributed by atoms with Crippen LogP contribution in [0, 0.1) is 5.92 Å². The molecule has 2 aliphatic heterocycles. The fourth-order valence-corrected chi connectivity index (χ4v) is 4.24. The van der Waals surface area contributed by atoms with E-state index < -0.39 is 0 Å². The zero-order chi connectivity index (χ0) is 16.7. The summed E-state index contributed by atoms with van der Waals surface area (Å²) >= 11 is 1.53. The molecular formula is C17H23N3O2S. The number of fused-ring (bicyclic) bond motifs is 1. The fourth-order valence-electron chi connectivity index (χ4n) is 3.31. The first-order valence-corrected chi connectivity index (χ1v) is 8.82. The summed E-state index contributed by atoms with van der Waals surface area (Å²) in [6.45, 7) is 5.59. The van der Waals surface area contributed by atoms with Crippen molar-refractivity contribution < 1.29 is 9.59 Å². The lowest BCUT2D eigenvalue weighted by Crippen LogP contribution is -2.35. The lowest BCUT2D eigenvalue weighted by molar-refractivity contribution is -0.115. The van der Waals surface area contributed by atoms with E-state index in [2.05, 4.69) is 31.2 Å². The van der Waals surface area contributed by atoms with Crippen LogP contribution in [0.25, 0.3) is 0 Å². The maximum absolute atomic E-state index is 12.8. The molecule has 23 heavy (non-hydrogen) atoms. The molecule has 0 saturated carbocycles. The van der Waals surface area contributed by atoms with Crippen molar-refractivity contribution in [2.75, 3.05) is 32.5 Å². The molecule has 1 saturated heterocycles. The lowest BCUT2D eigenvalue weighted by Gasteiger charge is -2.23. The molecule has 3 rings (SSSR count). The second kappa shape index (κ2) is 6.17. The zero-order valence-electron chi connectivity index (χ0n) is 14.0. The molecule has 0 spiro atoms. The molecule has 5 nitrogen and oxygen atoms in total. The van der Waals surface area contributed by atoms with E-state index >= 15 is 0 Å².